The van der Waals surface area contributed by atoms with Crippen LogP contribution in [0.25, 0.3) is 11.0 Å². The Morgan fingerprint density at radius 1 is 1.33 bits per heavy atom. The van der Waals surface area contributed by atoms with Gasteiger partial charge in [-0.25, -0.2) is 4.98 Å². The van der Waals surface area contributed by atoms with Gasteiger partial charge in [-0.2, -0.15) is 0 Å². The standard InChI is InChI=1S/C14H22N4/c1-11(15)14-16-12-7-4-5-8-13(12)18(14)10-6-9-17(2)3/h4-5,7-8,11H,6,9-10,15H2,1-3H3. The summed E-state index contributed by atoms with van der Waals surface area (Å²) in [7, 11) is 4.19. The van der Waals surface area contributed by atoms with Crippen LogP contribution in [-0.4, -0.2) is 35.1 Å². The third kappa shape index (κ3) is 2.71. The van der Waals surface area contributed by atoms with Gasteiger partial charge in [0.2, 0.25) is 0 Å². The summed E-state index contributed by atoms with van der Waals surface area (Å²) >= 11 is 0. The van der Waals surface area contributed by atoms with E-state index in [1.54, 1.807) is 0 Å². The summed E-state index contributed by atoms with van der Waals surface area (Å²) in [4.78, 5) is 6.83. The number of nitrogens with two attached hydrogens (primary N) is 1. The van der Waals surface area contributed by atoms with Crippen molar-refractivity contribution in [1.29, 1.82) is 0 Å². The Morgan fingerprint density at radius 2 is 2.06 bits per heavy atom. The molecule has 0 saturated carbocycles. The largest absolute Gasteiger partial charge is 0.327 e. The molecule has 0 aliphatic heterocycles. The Balaban J connectivity index is 2.30. The van der Waals surface area contributed by atoms with Gasteiger partial charge in [0.05, 0.1) is 17.1 Å². The minimum absolute atomic E-state index is 0.0308. The van der Waals surface area contributed by atoms with Crippen LogP contribution in [-0.2, 0) is 6.54 Å². The summed E-state index contributed by atoms with van der Waals surface area (Å²) in [6.07, 6.45) is 1.10. The lowest BCUT2D eigenvalue weighted by Gasteiger charge is -2.13. The van der Waals surface area contributed by atoms with E-state index in [-0.39, 0.29) is 6.04 Å². The normalized spacial score (nSPS) is 13.4. The second kappa shape index (κ2) is 5.50. The lowest BCUT2D eigenvalue weighted by molar-refractivity contribution is 0.385. The van der Waals surface area contributed by atoms with Crippen molar-refractivity contribution in [3.8, 4) is 0 Å². The third-order valence-electron chi connectivity index (χ3n) is 3.08. The van der Waals surface area contributed by atoms with Crippen LogP contribution >= 0.6 is 0 Å². The Bertz CT molecular complexity index is 513. The van der Waals surface area contributed by atoms with Crippen molar-refractivity contribution in [2.75, 3.05) is 20.6 Å². The molecule has 4 heteroatoms. The second-order valence-electron chi connectivity index (χ2n) is 5.06. The van der Waals surface area contributed by atoms with Crippen LogP contribution in [0.5, 0.6) is 0 Å². The first kappa shape index (κ1) is 13.1. The molecule has 4 nitrogen and oxygen atoms in total. The summed E-state index contributed by atoms with van der Waals surface area (Å²) in [6, 6.07) is 8.20. The molecule has 2 rings (SSSR count). The molecule has 1 aromatic carbocycles. The van der Waals surface area contributed by atoms with Gasteiger partial charge in [-0.3, -0.25) is 0 Å². The van der Waals surface area contributed by atoms with E-state index in [2.05, 4.69) is 40.7 Å². The highest BCUT2D eigenvalue weighted by molar-refractivity contribution is 5.76. The minimum Gasteiger partial charge on any atom is -0.327 e. The van der Waals surface area contributed by atoms with Gasteiger partial charge in [0.15, 0.2) is 0 Å². The van der Waals surface area contributed by atoms with Crippen LogP contribution in [0.1, 0.15) is 25.2 Å². The van der Waals surface area contributed by atoms with Gasteiger partial charge in [0.1, 0.15) is 5.82 Å². The van der Waals surface area contributed by atoms with Crippen LogP contribution in [0.4, 0.5) is 0 Å². The van der Waals surface area contributed by atoms with E-state index >= 15 is 0 Å². The molecule has 0 fully saturated rings. The van der Waals surface area contributed by atoms with Crippen LogP contribution in [0.2, 0.25) is 0 Å². The van der Waals surface area contributed by atoms with E-state index in [4.69, 9.17) is 5.73 Å². The molecule has 2 N–H and O–H groups in total. The Hall–Kier alpha value is -1.39. The number of para-hydroxylation sites is 2. The van der Waals surface area contributed by atoms with Crippen LogP contribution in [0.3, 0.4) is 0 Å². The monoisotopic (exact) mass is 246 g/mol. The molecular weight excluding hydrogens is 224 g/mol. The van der Waals surface area contributed by atoms with Crippen LogP contribution < -0.4 is 5.73 Å². The predicted octanol–water partition coefficient (Wildman–Crippen LogP) is 2.01. The van der Waals surface area contributed by atoms with Gasteiger partial charge in [-0.1, -0.05) is 12.1 Å². The fraction of sp³-hybridized carbons (Fsp3) is 0.500. The molecule has 1 heterocycles. The molecule has 0 amide bonds. The summed E-state index contributed by atoms with van der Waals surface area (Å²) in [5, 5.41) is 0. The molecule has 98 valence electrons. The van der Waals surface area contributed by atoms with Gasteiger partial charge in [-0.15, -0.1) is 0 Å². The average Bonchev–Trinajstić information content (AvgIpc) is 2.68. The van der Waals surface area contributed by atoms with Crippen molar-refractivity contribution < 1.29 is 0 Å². The van der Waals surface area contributed by atoms with Gasteiger partial charge < -0.3 is 15.2 Å². The number of rotatable bonds is 5. The third-order valence-corrected chi connectivity index (χ3v) is 3.08. The fourth-order valence-corrected chi connectivity index (χ4v) is 2.22. The molecule has 0 saturated heterocycles. The molecule has 0 radical (unpaired) electrons. The van der Waals surface area contributed by atoms with E-state index in [0.29, 0.717) is 0 Å². The number of aromatic nitrogens is 2. The summed E-state index contributed by atoms with van der Waals surface area (Å²) in [5.41, 5.74) is 8.24. The van der Waals surface area contributed by atoms with E-state index in [1.807, 2.05) is 19.1 Å². The van der Waals surface area contributed by atoms with Gasteiger partial charge in [-0.05, 0) is 46.1 Å². The molecule has 0 aliphatic rings. The molecule has 0 spiro atoms. The first-order valence-electron chi connectivity index (χ1n) is 6.45. The molecule has 1 atom stereocenters. The zero-order chi connectivity index (χ0) is 13.1. The maximum atomic E-state index is 6.02. The number of benzene rings is 1. The Labute approximate surface area is 108 Å². The van der Waals surface area contributed by atoms with E-state index in [1.165, 1.54) is 5.52 Å². The first-order valence-corrected chi connectivity index (χ1v) is 6.45. The molecule has 1 aromatic heterocycles. The highest BCUT2D eigenvalue weighted by atomic mass is 15.1. The minimum atomic E-state index is -0.0308. The van der Waals surface area contributed by atoms with E-state index < -0.39 is 0 Å². The number of nitrogens with zero attached hydrogens (tertiary/aromatic N) is 3. The smallest absolute Gasteiger partial charge is 0.126 e. The first-order chi connectivity index (χ1) is 8.59. The van der Waals surface area contributed by atoms with Crippen molar-refractivity contribution >= 4 is 11.0 Å². The van der Waals surface area contributed by atoms with Crippen molar-refractivity contribution in [2.24, 2.45) is 5.73 Å². The van der Waals surface area contributed by atoms with Crippen molar-refractivity contribution in [3.63, 3.8) is 0 Å². The number of hydrogen-bond acceptors (Lipinski definition) is 3. The zero-order valence-corrected chi connectivity index (χ0v) is 11.4. The lowest BCUT2D eigenvalue weighted by Crippen LogP contribution is -2.18. The predicted molar refractivity (Wildman–Crippen MR) is 75.5 cm³/mol. The van der Waals surface area contributed by atoms with Gasteiger partial charge in [0.25, 0.3) is 0 Å². The number of fused-ring (bicyclic) bond motifs is 1. The number of aryl methyl sites for hydroxylation is 1. The summed E-state index contributed by atoms with van der Waals surface area (Å²) < 4.78 is 2.25. The number of imidazole rings is 1. The summed E-state index contributed by atoms with van der Waals surface area (Å²) in [5.74, 6) is 0.981. The molecule has 18 heavy (non-hydrogen) atoms. The molecule has 0 aliphatic carbocycles. The fourth-order valence-electron chi connectivity index (χ4n) is 2.22. The SMILES string of the molecule is CC(N)c1nc2ccccc2n1CCCN(C)C. The maximum absolute atomic E-state index is 6.02. The zero-order valence-electron chi connectivity index (χ0n) is 11.4. The van der Waals surface area contributed by atoms with Crippen LogP contribution in [0, 0.1) is 0 Å². The van der Waals surface area contributed by atoms with E-state index in [9.17, 15) is 0 Å². The Morgan fingerprint density at radius 3 is 2.72 bits per heavy atom. The quantitative estimate of drug-likeness (QED) is 0.878. The van der Waals surface area contributed by atoms with E-state index in [0.717, 1.165) is 30.9 Å². The van der Waals surface area contributed by atoms with Crippen molar-refractivity contribution in [1.82, 2.24) is 14.5 Å². The van der Waals surface area contributed by atoms with Gasteiger partial charge in [0, 0.05) is 6.54 Å². The Kier molecular flexibility index (Phi) is 3.99. The topological polar surface area (TPSA) is 47.1 Å². The lowest BCUT2D eigenvalue weighted by atomic mass is 10.3. The highest BCUT2D eigenvalue weighted by Gasteiger charge is 2.12. The average molecular weight is 246 g/mol. The van der Waals surface area contributed by atoms with Crippen LogP contribution in [0.15, 0.2) is 24.3 Å². The maximum Gasteiger partial charge on any atom is 0.126 e. The summed E-state index contributed by atoms with van der Waals surface area (Å²) in [6.45, 7) is 4.03. The molecule has 0 bridgehead atoms. The molecule has 1 unspecified atom stereocenters. The molecular formula is C14H22N4. The second-order valence-corrected chi connectivity index (χ2v) is 5.06. The highest BCUT2D eigenvalue weighted by Crippen LogP contribution is 2.19. The van der Waals surface area contributed by atoms with Crippen molar-refractivity contribution in [2.45, 2.75) is 25.9 Å². The van der Waals surface area contributed by atoms with Gasteiger partial charge >= 0.3 is 0 Å². The van der Waals surface area contributed by atoms with Crippen molar-refractivity contribution in [3.05, 3.63) is 30.1 Å². The number of hydrogen-bond donors (Lipinski definition) is 1. The molecule has 2 aromatic rings.